The van der Waals surface area contributed by atoms with Gasteiger partial charge in [0.25, 0.3) is 0 Å². The third-order valence-electron chi connectivity index (χ3n) is 1.52. The molecule has 2 heterocycles. The Balaban J connectivity index is 2.42. The average molecular weight is 168 g/mol. The van der Waals surface area contributed by atoms with Crippen LogP contribution in [0.25, 0.3) is 0 Å². The third-order valence-corrected chi connectivity index (χ3v) is 2.34. The van der Waals surface area contributed by atoms with Crippen molar-refractivity contribution in [2.45, 2.75) is 0 Å². The van der Waals surface area contributed by atoms with Crippen molar-refractivity contribution < 1.29 is 0 Å². The van der Waals surface area contributed by atoms with Gasteiger partial charge in [0.1, 0.15) is 5.82 Å². The average Bonchev–Trinajstić information content (AvgIpc) is 2.45. The van der Waals surface area contributed by atoms with E-state index in [0.717, 1.165) is 11.4 Å². The largest absolute Gasteiger partial charge is 0.397 e. The Morgan fingerprint density at radius 3 is 2.91 bits per heavy atom. The molecule has 0 aromatic rings. The van der Waals surface area contributed by atoms with Crippen LogP contribution in [0.2, 0.25) is 0 Å². The Morgan fingerprint density at radius 1 is 1.36 bits per heavy atom. The molecule has 0 aliphatic carbocycles. The quantitative estimate of drug-likeness (QED) is 0.443. The summed E-state index contributed by atoms with van der Waals surface area (Å²) in [6.07, 6.45) is 5.41. The van der Waals surface area contributed by atoms with E-state index >= 15 is 0 Å². The predicted molar refractivity (Wildman–Crippen MR) is 45.2 cm³/mol. The second-order valence-electron chi connectivity index (χ2n) is 2.25. The molecule has 2 rings (SSSR count). The molecule has 0 radical (unpaired) electrons. The van der Waals surface area contributed by atoms with Crippen molar-refractivity contribution in [3.05, 3.63) is 35.6 Å². The normalized spacial score (nSPS) is 21.5. The van der Waals surface area contributed by atoms with Crippen LogP contribution in [0.3, 0.4) is 0 Å². The molecule has 5 N–H and O–H groups in total. The van der Waals surface area contributed by atoms with E-state index in [1.54, 1.807) is 12.2 Å². The van der Waals surface area contributed by atoms with Crippen LogP contribution in [0.4, 0.5) is 0 Å². The maximum Gasteiger partial charge on any atom is 0.115 e. The van der Waals surface area contributed by atoms with Crippen LogP contribution in [0.15, 0.2) is 35.6 Å². The maximum absolute atomic E-state index is 5.68. The molecule has 0 atom stereocenters. The van der Waals surface area contributed by atoms with Crippen molar-refractivity contribution in [1.29, 1.82) is 0 Å². The van der Waals surface area contributed by atoms with E-state index in [1.165, 1.54) is 12.1 Å². The van der Waals surface area contributed by atoms with Gasteiger partial charge in [-0.2, -0.15) is 0 Å². The van der Waals surface area contributed by atoms with Crippen molar-refractivity contribution in [2.75, 3.05) is 0 Å². The van der Waals surface area contributed by atoms with Crippen LogP contribution in [-0.4, -0.2) is 4.31 Å². The third kappa shape index (κ3) is 0.848. The zero-order chi connectivity index (χ0) is 7.84. The fourth-order valence-corrected chi connectivity index (χ4v) is 1.66. The molecule has 0 saturated carbocycles. The van der Waals surface area contributed by atoms with Gasteiger partial charge in [0.15, 0.2) is 0 Å². The summed E-state index contributed by atoms with van der Waals surface area (Å²) in [5.74, 6) is 0.695. The summed E-state index contributed by atoms with van der Waals surface area (Å²) in [6.45, 7) is 0. The first kappa shape index (κ1) is 6.48. The van der Waals surface area contributed by atoms with E-state index in [2.05, 4.69) is 4.72 Å². The minimum absolute atomic E-state index is 0.695. The second-order valence-corrected chi connectivity index (χ2v) is 3.03. The monoisotopic (exact) mass is 168 g/mol. The van der Waals surface area contributed by atoms with E-state index in [1.807, 2.05) is 10.5 Å². The lowest BCUT2D eigenvalue weighted by atomic mass is 10.2. The van der Waals surface area contributed by atoms with Crippen LogP contribution >= 0.6 is 12.1 Å². The fourth-order valence-electron chi connectivity index (χ4n) is 0.963. The molecule has 0 bridgehead atoms. The molecule has 5 heteroatoms. The lowest BCUT2D eigenvalue weighted by molar-refractivity contribution is 0.699. The highest BCUT2D eigenvalue weighted by Gasteiger charge is 2.22. The van der Waals surface area contributed by atoms with Gasteiger partial charge in [-0.05, 0) is 12.2 Å². The van der Waals surface area contributed by atoms with Gasteiger partial charge in [0, 0.05) is 6.20 Å². The van der Waals surface area contributed by atoms with E-state index < -0.39 is 0 Å². The summed E-state index contributed by atoms with van der Waals surface area (Å²) in [5, 5.41) is 0. The van der Waals surface area contributed by atoms with Crippen LogP contribution in [-0.2, 0) is 0 Å². The Bertz CT molecular complexity index is 278. The zero-order valence-electron chi connectivity index (χ0n) is 5.74. The maximum atomic E-state index is 5.68. The predicted octanol–water partition coefficient (Wildman–Crippen LogP) is -0.0475. The van der Waals surface area contributed by atoms with Gasteiger partial charge in [-0.15, -0.1) is 0 Å². The molecule has 2 aliphatic rings. The zero-order valence-corrected chi connectivity index (χ0v) is 6.56. The highest BCUT2D eigenvalue weighted by molar-refractivity contribution is 7.95. The van der Waals surface area contributed by atoms with Crippen molar-refractivity contribution >= 4 is 12.1 Å². The van der Waals surface area contributed by atoms with E-state index in [0.29, 0.717) is 5.82 Å². The fraction of sp³-hybridized carbons (Fsp3) is 0. The SMILES string of the molecule is NC1=CC=C(N)N2SNC=C12. The van der Waals surface area contributed by atoms with Crippen molar-refractivity contribution in [1.82, 2.24) is 9.03 Å². The van der Waals surface area contributed by atoms with E-state index in [4.69, 9.17) is 11.5 Å². The van der Waals surface area contributed by atoms with Crippen LogP contribution in [0.5, 0.6) is 0 Å². The molecule has 58 valence electrons. The highest BCUT2D eigenvalue weighted by Crippen LogP contribution is 2.30. The van der Waals surface area contributed by atoms with Gasteiger partial charge in [-0.1, -0.05) is 0 Å². The molecule has 0 aromatic heterocycles. The van der Waals surface area contributed by atoms with Gasteiger partial charge >= 0.3 is 0 Å². The topological polar surface area (TPSA) is 67.3 Å². The van der Waals surface area contributed by atoms with Crippen LogP contribution in [0.1, 0.15) is 0 Å². The van der Waals surface area contributed by atoms with Crippen molar-refractivity contribution in [3.63, 3.8) is 0 Å². The summed E-state index contributed by atoms with van der Waals surface area (Å²) in [5.41, 5.74) is 13.0. The Morgan fingerprint density at radius 2 is 2.18 bits per heavy atom. The number of hydrogen-bond donors (Lipinski definition) is 3. The molecule has 2 aliphatic heterocycles. The molecule has 0 spiro atoms. The van der Waals surface area contributed by atoms with Crippen molar-refractivity contribution in [2.24, 2.45) is 11.5 Å². The summed E-state index contributed by atoms with van der Waals surface area (Å²) in [4.78, 5) is 0. The molecular formula is C6H8N4S. The number of allylic oxidation sites excluding steroid dienone is 2. The summed E-state index contributed by atoms with van der Waals surface area (Å²) in [6, 6.07) is 0. The summed E-state index contributed by atoms with van der Waals surface area (Å²) in [7, 11) is 0. The molecule has 11 heavy (non-hydrogen) atoms. The number of rotatable bonds is 0. The molecule has 0 amide bonds. The van der Waals surface area contributed by atoms with E-state index in [-0.39, 0.29) is 0 Å². The highest BCUT2D eigenvalue weighted by atomic mass is 32.2. The minimum Gasteiger partial charge on any atom is -0.397 e. The first-order chi connectivity index (χ1) is 5.29. The van der Waals surface area contributed by atoms with Crippen LogP contribution < -0.4 is 16.2 Å². The van der Waals surface area contributed by atoms with Gasteiger partial charge < -0.3 is 16.2 Å². The number of nitrogens with one attached hydrogen (secondary N) is 1. The number of nitrogens with zero attached hydrogens (tertiary/aromatic N) is 1. The smallest absolute Gasteiger partial charge is 0.115 e. The summed E-state index contributed by atoms with van der Waals surface area (Å²) < 4.78 is 4.81. The lowest BCUT2D eigenvalue weighted by Gasteiger charge is -2.21. The number of nitrogens with two attached hydrogens (primary N) is 2. The Kier molecular flexibility index (Phi) is 1.25. The van der Waals surface area contributed by atoms with Gasteiger partial charge in [-0.25, -0.2) is 4.31 Å². The molecule has 0 saturated heterocycles. The first-order valence-electron chi connectivity index (χ1n) is 3.15. The van der Waals surface area contributed by atoms with Crippen molar-refractivity contribution in [3.8, 4) is 0 Å². The second kappa shape index (κ2) is 2.13. The standard InChI is InChI=1S/C6H8N4S/c7-4-1-2-6(8)10-5(4)3-9-11-10/h1-3,9H,7-8H2. The van der Waals surface area contributed by atoms with E-state index in [9.17, 15) is 0 Å². The van der Waals surface area contributed by atoms with Gasteiger partial charge in [-0.3, -0.25) is 0 Å². The molecule has 0 fully saturated rings. The molecule has 0 unspecified atom stereocenters. The van der Waals surface area contributed by atoms with Gasteiger partial charge in [0.05, 0.1) is 23.5 Å². The molecule has 0 aromatic carbocycles. The molecular weight excluding hydrogens is 160 g/mol. The summed E-state index contributed by atoms with van der Waals surface area (Å²) >= 11 is 1.41. The number of fused-ring (bicyclic) bond motifs is 1. The first-order valence-corrected chi connectivity index (χ1v) is 3.92. The Hall–Kier alpha value is -1.23. The minimum atomic E-state index is 0.695. The number of hydrogen-bond acceptors (Lipinski definition) is 5. The molecule has 4 nitrogen and oxygen atoms in total. The van der Waals surface area contributed by atoms with Crippen LogP contribution in [0, 0.1) is 0 Å². The lowest BCUT2D eigenvalue weighted by Crippen LogP contribution is -2.24. The van der Waals surface area contributed by atoms with Gasteiger partial charge in [0.2, 0.25) is 0 Å². The Labute approximate surface area is 68.9 Å².